The summed E-state index contributed by atoms with van der Waals surface area (Å²) >= 11 is 3.24. The third-order valence-electron chi connectivity index (χ3n) is 2.03. The SMILES string of the molecule is O=C1Cc2cc(C#CCBr)ccc2N1. The quantitative estimate of drug-likeness (QED) is 0.553. The number of rotatable bonds is 0. The van der Waals surface area contributed by atoms with E-state index < -0.39 is 0 Å². The lowest BCUT2D eigenvalue weighted by atomic mass is 10.1. The number of halogens is 1. The molecule has 1 amide bonds. The number of carbonyl (C=O) groups is 1. The Morgan fingerprint density at radius 3 is 3.14 bits per heavy atom. The van der Waals surface area contributed by atoms with Crippen molar-refractivity contribution >= 4 is 27.5 Å². The highest BCUT2D eigenvalue weighted by Gasteiger charge is 2.16. The Labute approximate surface area is 90.8 Å². The molecule has 1 aliphatic rings. The average molecular weight is 250 g/mol. The van der Waals surface area contributed by atoms with Crippen LogP contribution in [0.5, 0.6) is 0 Å². The van der Waals surface area contributed by atoms with Crippen LogP contribution in [0.15, 0.2) is 18.2 Å². The van der Waals surface area contributed by atoms with E-state index in [1.54, 1.807) is 0 Å². The van der Waals surface area contributed by atoms with E-state index in [1.807, 2.05) is 18.2 Å². The van der Waals surface area contributed by atoms with E-state index in [4.69, 9.17) is 0 Å². The van der Waals surface area contributed by atoms with Gasteiger partial charge in [0, 0.05) is 11.3 Å². The van der Waals surface area contributed by atoms with Gasteiger partial charge in [-0.2, -0.15) is 0 Å². The molecule has 1 heterocycles. The second-order valence-corrected chi connectivity index (χ2v) is 3.59. The van der Waals surface area contributed by atoms with E-state index in [0.717, 1.165) is 16.8 Å². The number of fused-ring (bicyclic) bond motifs is 1. The fourth-order valence-electron chi connectivity index (χ4n) is 1.44. The fourth-order valence-corrected chi connectivity index (χ4v) is 1.58. The van der Waals surface area contributed by atoms with Gasteiger partial charge in [-0.05, 0) is 23.8 Å². The van der Waals surface area contributed by atoms with Crippen LogP contribution in [-0.2, 0) is 11.2 Å². The molecule has 0 fully saturated rings. The number of hydrogen-bond donors (Lipinski definition) is 1. The van der Waals surface area contributed by atoms with Crippen LogP contribution in [0, 0.1) is 11.8 Å². The standard InChI is InChI=1S/C11H8BrNO/c12-5-1-2-8-3-4-10-9(6-8)7-11(14)13-10/h3-4,6H,5,7H2,(H,13,14). The molecule has 1 aromatic carbocycles. The second kappa shape index (κ2) is 3.85. The van der Waals surface area contributed by atoms with Gasteiger partial charge in [0.1, 0.15) is 0 Å². The smallest absolute Gasteiger partial charge is 0.228 e. The molecule has 3 heteroatoms. The Bertz CT molecular complexity index is 442. The summed E-state index contributed by atoms with van der Waals surface area (Å²) in [5.74, 6) is 5.99. The number of benzene rings is 1. The predicted octanol–water partition coefficient (Wildman–Crippen LogP) is 1.93. The Morgan fingerprint density at radius 2 is 2.36 bits per heavy atom. The normalized spacial score (nSPS) is 12.8. The number of anilines is 1. The molecule has 1 N–H and O–H groups in total. The lowest BCUT2D eigenvalue weighted by Gasteiger charge is -1.97. The minimum Gasteiger partial charge on any atom is -0.326 e. The van der Waals surface area contributed by atoms with Gasteiger partial charge >= 0.3 is 0 Å². The van der Waals surface area contributed by atoms with Crippen LogP contribution in [0.3, 0.4) is 0 Å². The maximum atomic E-state index is 11.1. The summed E-state index contributed by atoms with van der Waals surface area (Å²) in [5.41, 5.74) is 2.91. The molecule has 2 nitrogen and oxygen atoms in total. The van der Waals surface area contributed by atoms with Gasteiger partial charge in [-0.3, -0.25) is 4.79 Å². The molecular weight excluding hydrogens is 242 g/mol. The first-order chi connectivity index (χ1) is 6.79. The van der Waals surface area contributed by atoms with Gasteiger partial charge in [0.15, 0.2) is 0 Å². The zero-order valence-corrected chi connectivity index (χ0v) is 9.02. The zero-order chi connectivity index (χ0) is 9.97. The molecule has 70 valence electrons. The van der Waals surface area contributed by atoms with Crippen LogP contribution >= 0.6 is 15.9 Å². The van der Waals surface area contributed by atoms with Crippen LogP contribution in [0.1, 0.15) is 11.1 Å². The molecule has 0 aromatic heterocycles. The van der Waals surface area contributed by atoms with Gasteiger partial charge < -0.3 is 5.32 Å². The summed E-state index contributed by atoms with van der Waals surface area (Å²) in [6.07, 6.45) is 0.471. The number of hydrogen-bond acceptors (Lipinski definition) is 1. The molecule has 14 heavy (non-hydrogen) atoms. The van der Waals surface area contributed by atoms with Crippen molar-refractivity contribution in [2.24, 2.45) is 0 Å². The van der Waals surface area contributed by atoms with Crippen molar-refractivity contribution in [1.82, 2.24) is 0 Å². The first kappa shape index (κ1) is 9.29. The number of alkyl halides is 1. The Morgan fingerprint density at radius 1 is 1.50 bits per heavy atom. The predicted molar refractivity (Wildman–Crippen MR) is 59.4 cm³/mol. The maximum Gasteiger partial charge on any atom is 0.228 e. The molecule has 2 rings (SSSR count). The van der Waals surface area contributed by atoms with Crippen molar-refractivity contribution in [3.05, 3.63) is 29.3 Å². The molecular formula is C11H8BrNO. The molecule has 0 spiro atoms. The summed E-state index contributed by atoms with van der Waals surface area (Å²) in [7, 11) is 0. The van der Waals surface area contributed by atoms with Crippen molar-refractivity contribution in [2.45, 2.75) is 6.42 Å². The molecule has 0 saturated carbocycles. The Balaban J connectivity index is 2.33. The molecule has 1 aliphatic heterocycles. The van der Waals surface area contributed by atoms with E-state index in [1.165, 1.54) is 0 Å². The number of carbonyl (C=O) groups excluding carboxylic acids is 1. The summed E-state index contributed by atoms with van der Waals surface area (Å²) in [4.78, 5) is 11.1. The molecule has 0 unspecified atom stereocenters. The zero-order valence-electron chi connectivity index (χ0n) is 7.43. The number of amides is 1. The van der Waals surface area contributed by atoms with Crippen LogP contribution in [0.2, 0.25) is 0 Å². The highest BCUT2D eigenvalue weighted by atomic mass is 79.9. The van der Waals surface area contributed by atoms with Gasteiger partial charge in [-0.25, -0.2) is 0 Å². The molecule has 0 aliphatic carbocycles. The highest BCUT2D eigenvalue weighted by molar-refractivity contribution is 9.09. The van der Waals surface area contributed by atoms with Crippen molar-refractivity contribution in [2.75, 3.05) is 10.6 Å². The van der Waals surface area contributed by atoms with Crippen molar-refractivity contribution < 1.29 is 4.79 Å². The monoisotopic (exact) mass is 249 g/mol. The summed E-state index contributed by atoms with van der Waals surface area (Å²) < 4.78 is 0. The third-order valence-corrected chi connectivity index (χ3v) is 2.31. The molecule has 0 bridgehead atoms. The van der Waals surface area contributed by atoms with Gasteiger partial charge in [-0.15, -0.1) is 0 Å². The minimum absolute atomic E-state index is 0.0607. The topological polar surface area (TPSA) is 29.1 Å². The molecule has 1 aromatic rings. The average Bonchev–Trinajstić information content (AvgIpc) is 2.54. The third kappa shape index (κ3) is 1.80. The van der Waals surface area contributed by atoms with Crippen molar-refractivity contribution in [1.29, 1.82) is 0 Å². The van der Waals surface area contributed by atoms with Crippen LogP contribution in [0.25, 0.3) is 0 Å². The van der Waals surface area contributed by atoms with E-state index in [2.05, 4.69) is 33.1 Å². The van der Waals surface area contributed by atoms with E-state index >= 15 is 0 Å². The van der Waals surface area contributed by atoms with Crippen molar-refractivity contribution in [3.8, 4) is 11.8 Å². The summed E-state index contributed by atoms with van der Waals surface area (Å²) in [5, 5.41) is 3.45. The van der Waals surface area contributed by atoms with Gasteiger partial charge in [0.2, 0.25) is 5.91 Å². The fraction of sp³-hybridized carbons (Fsp3) is 0.182. The minimum atomic E-state index is 0.0607. The first-order valence-corrected chi connectivity index (χ1v) is 5.39. The largest absolute Gasteiger partial charge is 0.326 e. The van der Waals surface area contributed by atoms with Gasteiger partial charge in [-0.1, -0.05) is 27.8 Å². The highest BCUT2D eigenvalue weighted by Crippen LogP contribution is 2.23. The number of nitrogens with one attached hydrogen (secondary N) is 1. The Kier molecular flexibility index (Phi) is 2.55. The van der Waals surface area contributed by atoms with Crippen LogP contribution < -0.4 is 5.32 Å². The Hall–Kier alpha value is -1.27. The van der Waals surface area contributed by atoms with Crippen LogP contribution in [-0.4, -0.2) is 11.2 Å². The maximum absolute atomic E-state index is 11.1. The first-order valence-electron chi connectivity index (χ1n) is 4.27. The summed E-state index contributed by atoms with van der Waals surface area (Å²) in [6, 6.07) is 5.78. The lowest BCUT2D eigenvalue weighted by Crippen LogP contribution is -2.03. The molecule has 0 saturated heterocycles. The van der Waals surface area contributed by atoms with E-state index in [9.17, 15) is 4.79 Å². The van der Waals surface area contributed by atoms with E-state index in [0.29, 0.717) is 11.8 Å². The van der Waals surface area contributed by atoms with Gasteiger partial charge in [0.25, 0.3) is 0 Å². The second-order valence-electron chi connectivity index (χ2n) is 3.03. The summed E-state index contributed by atoms with van der Waals surface area (Å²) in [6.45, 7) is 0. The lowest BCUT2D eigenvalue weighted by molar-refractivity contribution is -0.115. The molecule has 0 radical (unpaired) electrons. The van der Waals surface area contributed by atoms with Gasteiger partial charge in [0.05, 0.1) is 11.8 Å². The van der Waals surface area contributed by atoms with Crippen LogP contribution in [0.4, 0.5) is 5.69 Å². The van der Waals surface area contributed by atoms with E-state index in [-0.39, 0.29) is 5.91 Å². The van der Waals surface area contributed by atoms with Crippen molar-refractivity contribution in [3.63, 3.8) is 0 Å². The molecule has 0 atom stereocenters.